The summed E-state index contributed by atoms with van der Waals surface area (Å²) in [5.74, 6) is -1.22. The van der Waals surface area contributed by atoms with Gasteiger partial charge in [-0.05, 0) is 34.5 Å². The zero-order valence-electron chi connectivity index (χ0n) is 11.7. The lowest BCUT2D eigenvalue weighted by Gasteiger charge is -2.07. The first-order valence-corrected chi connectivity index (χ1v) is 7.78. The van der Waals surface area contributed by atoms with Crippen molar-refractivity contribution in [3.8, 4) is 0 Å². The minimum Gasteiger partial charge on any atom is -0.348 e. The summed E-state index contributed by atoms with van der Waals surface area (Å²) >= 11 is 3.32. The molecule has 0 heterocycles. The van der Waals surface area contributed by atoms with Gasteiger partial charge in [-0.15, -0.1) is 0 Å². The van der Waals surface area contributed by atoms with Gasteiger partial charge >= 0.3 is 11.8 Å². The van der Waals surface area contributed by atoms with E-state index >= 15 is 0 Å². The molecule has 0 atom stereocenters. The number of carbonyl (C=O) groups is 2. The zero-order chi connectivity index (χ0) is 14.8. The predicted octanol–water partition coefficient (Wildman–Crippen LogP) is 3.47. The summed E-state index contributed by atoms with van der Waals surface area (Å²) in [6, 6.07) is 7.18. The summed E-state index contributed by atoms with van der Waals surface area (Å²) in [5, 5.41) is 5.21. The van der Waals surface area contributed by atoms with E-state index in [1.807, 2.05) is 6.07 Å². The third kappa shape index (κ3) is 6.19. The molecule has 2 amide bonds. The maximum absolute atomic E-state index is 11.7. The third-order valence-electron chi connectivity index (χ3n) is 2.89. The van der Waals surface area contributed by atoms with Crippen molar-refractivity contribution in [2.45, 2.75) is 39.0 Å². The van der Waals surface area contributed by atoms with Crippen LogP contribution in [-0.2, 0) is 9.59 Å². The summed E-state index contributed by atoms with van der Waals surface area (Å²) in [7, 11) is 0. The number of unbranched alkanes of at least 4 members (excludes halogenated alkanes) is 4. The van der Waals surface area contributed by atoms with Crippen molar-refractivity contribution in [3.05, 3.63) is 28.7 Å². The quantitative estimate of drug-likeness (QED) is 0.589. The van der Waals surface area contributed by atoms with Gasteiger partial charge in [0.25, 0.3) is 0 Å². The molecule has 1 aromatic rings. The highest BCUT2D eigenvalue weighted by atomic mass is 79.9. The average molecular weight is 341 g/mol. The molecule has 0 unspecified atom stereocenters. The molecule has 0 saturated carbocycles. The smallest absolute Gasteiger partial charge is 0.313 e. The standard InChI is InChI=1S/C15H21BrN2O2/c1-2-3-4-5-8-11-17-14(19)15(20)18-13-10-7-6-9-12(13)16/h6-7,9-10H,2-5,8,11H2,1H3,(H,17,19)(H,18,20). The minimum atomic E-state index is -0.634. The van der Waals surface area contributed by atoms with E-state index in [1.165, 1.54) is 19.3 Å². The molecular weight excluding hydrogens is 320 g/mol. The molecule has 4 nitrogen and oxygen atoms in total. The first-order chi connectivity index (χ1) is 9.65. The molecule has 0 spiro atoms. The van der Waals surface area contributed by atoms with Crippen molar-refractivity contribution in [1.82, 2.24) is 5.32 Å². The van der Waals surface area contributed by atoms with Gasteiger partial charge in [-0.25, -0.2) is 0 Å². The first-order valence-electron chi connectivity index (χ1n) is 6.99. The third-order valence-corrected chi connectivity index (χ3v) is 3.59. The van der Waals surface area contributed by atoms with Gasteiger partial charge in [-0.2, -0.15) is 0 Å². The molecule has 1 aromatic carbocycles. The van der Waals surface area contributed by atoms with E-state index in [0.717, 1.165) is 17.3 Å². The van der Waals surface area contributed by atoms with Gasteiger partial charge in [-0.1, -0.05) is 44.7 Å². The summed E-state index contributed by atoms with van der Waals surface area (Å²) in [5.41, 5.74) is 0.593. The Bertz CT molecular complexity index is 449. The van der Waals surface area contributed by atoms with Gasteiger partial charge in [0.1, 0.15) is 0 Å². The highest BCUT2D eigenvalue weighted by Gasteiger charge is 2.13. The molecule has 0 aliphatic heterocycles. The van der Waals surface area contributed by atoms with Crippen LogP contribution < -0.4 is 10.6 Å². The summed E-state index contributed by atoms with van der Waals surface area (Å²) in [4.78, 5) is 23.3. The molecule has 0 bridgehead atoms. The van der Waals surface area contributed by atoms with Crippen molar-refractivity contribution in [3.63, 3.8) is 0 Å². The van der Waals surface area contributed by atoms with E-state index in [9.17, 15) is 9.59 Å². The second kappa shape index (κ2) is 9.53. The second-order valence-corrected chi connectivity index (χ2v) is 5.46. The number of hydrogen-bond acceptors (Lipinski definition) is 2. The van der Waals surface area contributed by atoms with Gasteiger partial charge in [-0.3, -0.25) is 9.59 Å². The maximum Gasteiger partial charge on any atom is 0.313 e. The van der Waals surface area contributed by atoms with Crippen LogP contribution in [0, 0.1) is 0 Å². The molecule has 0 fully saturated rings. The first kappa shape index (κ1) is 16.7. The molecule has 0 radical (unpaired) electrons. The highest BCUT2D eigenvalue weighted by Crippen LogP contribution is 2.20. The molecular formula is C15H21BrN2O2. The molecule has 0 aliphatic rings. The van der Waals surface area contributed by atoms with Gasteiger partial charge < -0.3 is 10.6 Å². The zero-order valence-corrected chi connectivity index (χ0v) is 13.3. The monoisotopic (exact) mass is 340 g/mol. The van der Waals surface area contributed by atoms with Crippen molar-refractivity contribution in [1.29, 1.82) is 0 Å². The summed E-state index contributed by atoms with van der Waals surface area (Å²) < 4.78 is 0.751. The number of para-hydroxylation sites is 1. The number of benzene rings is 1. The fourth-order valence-corrected chi connectivity index (χ4v) is 2.14. The Morgan fingerprint density at radius 3 is 2.45 bits per heavy atom. The van der Waals surface area contributed by atoms with Crippen LogP contribution in [0.4, 0.5) is 5.69 Å². The minimum absolute atomic E-state index is 0.548. The maximum atomic E-state index is 11.7. The van der Waals surface area contributed by atoms with Crippen molar-refractivity contribution >= 4 is 33.4 Å². The van der Waals surface area contributed by atoms with Crippen LogP contribution in [0.3, 0.4) is 0 Å². The van der Waals surface area contributed by atoms with Crippen molar-refractivity contribution < 1.29 is 9.59 Å². The molecule has 0 aliphatic carbocycles. The molecule has 2 N–H and O–H groups in total. The topological polar surface area (TPSA) is 58.2 Å². The van der Waals surface area contributed by atoms with Crippen molar-refractivity contribution in [2.24, 2.45) is 0 Å². The van der Waals surface area contributed by atoms with E-state index in [1.54, 1.807) is 18.2 Å². The van der Waals surface area contributed by atoms with Crippen LogP contribution in [0.1, 0.15) is 39.0 Å². The fraction of sp³-hybridized carbons (Fsp3) is 0.467. The average Bonchev–Trinajstić information content (AvgIpc) is 2.44. The summed E-state index contributed by atoms with van der Waals surface area (Å²) in [6.45, 7) is 2.71. The van der Waals surface area contributed by atoms with E-state index in [2.05, 4.69) is 33.5 Å². The molecule has 20 heavy (non-hydrogen) atoms. The number of nitrogens with one attached hydrogen (secondary N) is 2. The molecule has 1 rings (SSSR count). The molecule has 5 heteroatoms. The Balaban J connectivity index is 2.26. The number of anilines is 1. The lowest BCUT2D eigenvalue weighted by Crippen LogP contribution is -2.35. The lowest BCUT2D eigenvalue weighted by molar-refractivity contribution is -0.136. The number of amides is 2. The van der Waals surface area contributed by atoms with Crippen LogP contribution in [0.2, 0.25) is 0 Å². The number of hydrogen-bond donors (Lipinski definition) is 2. The largest absolute Gasteiger partial charge is 0.348 e. The second-order valence-electron chi connectivity index (χ2n) is 4.60. The van der Waals surface area contributed by atoms with Gasteiger partial charge in [0.15, 0.2) is 0 Å². The van der Waals surface area contributed by atoms with E-state index in [-0.39, 0.29) is 0 Å². The Morgan fingerprint density at radius 1 is 1.05 bits per heavy atom. The van der Waals surface area contributed by atoms with Crippen LogP contribution in [0.15, 0.2) is 28.7 Å². The van der Waals surface area contributed by atoms with Crippen LogP contribution in [0.5, 0.6) is 0 Å². The van der Waals surface area contributed by atoms with Crippen LogP contribution >= 0.6 is 15.9 Å². The normalized spacial score (nSPS) is 10.1. The Labute approximate surface area is 128 Å². The van der Waals surface area contributed by atoms with Crippen LogP contribution in [0.25, 0.3) is 0 Å². The van der Waals surface area contributed by atoms with E-state index in [0.29, 0.717) is 12.2 Å². The highest BCUT2D eigenvalue weighted by molar-refractivity contribution is 9.10. The molecule has 0 aromatic heterocycles. The Morgan fingerprint density at radius 2 is 1.75 bits per heavy atom. The summed E-state index contributed by atoms with van der Waals surface area (Å²) in [6.07, 6.45) is 5.58. The fourth-order valence-electron chi connectivity index (χ4n) is 1.75. The van der Waals surface area contributed by atoms with Crippen molar-refractivity contribution in [2.75, 3.05) is 11.9 Å². The lowest BCUT2D eigenvalue weighted by atomic mass is 10.1. The van der Waals surface area contributed by atoms with E-state index < -0.39 is 11.8 Å². The van der Waals surface area contributed by atoms with E-state index in [4.69, 9.17) is 0 Å². The molecule has 110 valence electrons. The van der Waals surface area contributed by atoms with Crippen LogP contribution in [-0.4, -0.2) is 18.4 Å². The van der Waals surface area contributed by atoms with Gasteiger partial charge in [0, 0.05) is 11.0 Å². The van der Waals surface area contributed by atoms with Gasteiger partial charge in [0.05, 0.1) is 5.69 Å². The van der Waals surface area contributed by atoms with Gasteiger partial charge in [0.2, 0.25) is 0 Å². The SMILES string of the molecule is CCCCCCCNC(=O)C(=O)Nc1ccccc1Br. The Kier molecular flexibility index (Phi) is 7.95. The number of halogens is 1. The Hall–Kier alpha value is -1.36. The number of carbonyl (C=O) groups excluding carboxylic acids is 2. The molecule has 0 saturated heterocycles. The predicted molar refractivity (Wildman–Crippen MR) is 84.5 cm³/mol. The number of rotatable bonds is 7.